The molecule has 108 valence electrons. The second kappa shape index (κ2) is 7.18. The summed E-state index contributed by atoms with van der Waals surface area (Å²) in [5.41, 5.74) is 6.24. The normalized spacial score (nSPS) is 11.3. The maximum atomic E-state index is 11.0. The molecule has 0 bridgehead atoms. The van der Waals surface area contributed by atoms with Gasteiger partial charge >= 0.3 is 0 Å². The smallest absolute Gasteiger partial charge is 0.239 e. The molecule has 0 fully saturated rings. The summed E-state index contributed by atoms with van der Waals surface area (Å²) in [5, 5.41) is 3.05. The van der Waals surface area contributed by atoms with Crippen molar-refractivity contribution in [3.05, 3.63) is 12.1 Å². The first-order valence-corrected chi connectivity index (χ1v) is 8.29. The predicted molar refractivity (Wildman–Crippen MR) is 77.3 cm³/mol. The van der Waals surface area contributed by atoms with E-state index in [0.29, 0.717) is 37.0 Å². The van der Waals surface area contributed by atoms with Crippen LogP contribution in [0.5, 0.6) is 5.88 Å². The van der Waals surface area contributed by atoms with Crippen LogP contribution in [0.2, 0.25) is 0 Å². The summed E-state index contributed by atoms with van der Waals surface area (Å²) in [6.07, 6.45) is 2.65. The Kier molecular flexibility index (Phi) is 5.88. The number of aromatic nitrogens is 1. The lowest BCUT2D eigenvalue weighted by atomic mass is 10.4. The van der Waals surface area contributed by atoms with Crippen molar-refractivity contribution in [3.63, 3.8) is 0 Å². The van der Waals surface area contributed by atoms with Gasteiger partial charge in [0.15, 0.2) is 0 Å². The molecule has 1 rings (SSSR count). The van der Waals surface area contributed by atoms with E-state index in [4.69, 9.17) is 10.5 Å². The molecule has 0 atom stereocenters. The minimum atomic E-state index is -2.91. The van der Waals surface area contributed by atoms with Crippen molar-refractivity contribution >= 4 is 21.3 Å². The van der Waals surface area contributed by atoms with Crippen molar-refractivity contribution in [2.75, 3.05) is 36.2 Å². The summed E-state index contributed by atoms with van der Waals surface area (Å²) in [6, 6.07) is 3.46. The molecule has 7 heteroatoms. The van der Waals surface area contributed by atoms with Gasteiger partial charge in [-0.3, -0.25) is 0 Å². The largest absolute Gasteiger partial charge is 0.476 e. The van der Waals surface area contributed by atoms with Gasteiger partial charge in [-0.1, -0.05) is 6.92 Å². The summed E-state index contributed by atoms with van der Waals surface area (Å²) in [7, 11) is -2.91. The van der Waals surface area contributed by atoms with Crippen LogP contribution < -0.4 is 15.8 Å². The maximum absolute atomic E-state index is 11.0. The zero-order valence-electron chi connectivity index (χ0n) is 11.3. The van der Waals surface area contributed by atoms with Crippen molar-refractivity contribution in [2.24, 2.45) is 0 Å². The average Bonchev–Trinajstić information content (AvgIpc) is 2.33. The summed E-state index contributed by atoms with van der Waals surface area (Å²) in [6.45, 7) is 3.11. The number of rotatable bonds is 8. The topological polar surface area (TPSA) is 94.3 Å². The molecule has 0 amide bonds. The first-order valence-electron chi connectivity index (χ1n) is 6.23. The molecule has 0 unspecified atom stereocenters. The fourth-order valence-corrected chi connectivity index (χ4v) is 2.08. The number of hydrogen-bond acceptors (Lipinski definition) is 6. The van der Waals surface area contributed by atoms with Crippen LogP contribution in [0.1, 0.15) is 19.8 Å². The molecule has 1 aromatic rings. The Morgan fingerprint density at radius 2 is 2.16 bits per heavy atom. The number of sulfone groups is 1. The summed E-state index contributed by atoms with van der Waals surface area (Å²) in [4.78, 5) is 4.24. The molecule has 0 aromatic carbocycles. The Hall–Kier alpha value is -1.50. The van der Waals surface area contributed by atoms with Crippen LogP contribution in [-0.2, 0) is 9.84 Å². The van der Waals surface area contributed by atoms with Crippen LogP contribution >= 0.6 is 0 Å². The molecule has 1 heterocycles. The summed E-state index contributed by atoms with van der Waals surface area (Å²) >= 11 is 0. The summed E-state index contributed by atoms with van der Waals surface area (Å²) < 4.78 is 27.4. The van der Waals surface area contributed by atoms with Gasteiger partial charge in [0, 0.05) is 12.8 Å². The Labute approximate surface area is 114 Å². The zero-order chi connectivity index (χ0) is 14.3. The number of anilines is 2. The van der Waals surface area contributed by atoms with Crippen LogP contribution in [0.3, 0.4) is 0 Å². The van der Waals surface area contributed by atoms with E-state index in [9.17, 15) is 8.42 Å². The van der Waals surface area contributed by atoms with Crippen LogP contribution in [0.15, 0.2) is 12.1 Å². The molecule has 0 saturated heterocycles. The standard InChI is InChI=1S/C12H21N3O3S/c1-3-8-18-12-10(13)5-6-11(15-12)14-7-4-9-19(2,16)17/h5-6H,3-4,7-9,13H2,1-2H3,(H,14,15). The quantitative estimate of drug-likeness (QED) is 0.700. The number of nitrogens with zero attached hydrogens (tertiary/aromatic N) is 1. The molecule has 0 radical (unpaired) electrons. The van der Waals surface area contributed by atoms with Gasteiger partial charge in [-0.05, 0) is 25.0 Å². The van der Waals surface area contributed by atoms with E-state index in [-0.39, 0.29) is 5.75 Å². The van der Waals surface area contributed by atoms with Crippen molar-refractivity contribution in [1.29, 1.82) is 0 Å². The number of ether oxygens (including phenoxy) is 1. The number of hydrogen-bond donors (Lipinski definition) is 2. The first kappa shape index (κ1) is 15.6. The van der Waals surface area contributed by atoms with E-state index >= 15 is 0 Å². The monoisotopic (exact) mass is 287 g/mol. The average molecular weight is 287 g/mol. The molecule has 1 aromatic heterocycles. The third-order valence-corrected chi connectivity index (χ3v) is 3.36. The third kappa shape index (κ3) is 6.28. The molecule has 3 N–H and O–H groups in total. The van der Waals surface area contributed by atoms with E-state index in [1.54, 1.807) is 12.1 Å². The van der Waals surface area contributed by atoms with Gasteiger partial charge in [-0.15, -0.1) is 0 Å². The molecule has 0 aliphatic carbocycles. The number of pyridine rings is 1. The maximum Gasteiger partial charge on any atom is 0.239 e. The van der Waals surface area contributed by atoms with Crippen LogP contribution in [0.25, 0.3) is 0 Å². The Morgan fingerprint density at radius 3 is 2.79 bits per heavy atom. The number of nitrogen functional groups attached to an aromatic ring is 1. The van der Waals surface area contributed by atoms with Gasteiger partial charge in [0.2, 0.25) is 5.88 Å². The highest BCUT2D eigenvalue weighted by molar-refractivity contribution is 7.90. The van der Waals surface area contributed by atoms with Crippen LogP contribution in [0, 0.1) is 0 Å². The molecular formula is C12H21N3O3S. The van der Waals surface area contributed by atoms with Gasteiger partial charge in [0.25, 0.3) is 0 Å². The Morgan fingerprint density at radius 1 is 1.42 bits per heavy atom. The van der Waals surface area contributed by atoms with Crippen molar-refractivity contribution < 1.29 is 13.2 Å². The second-order valence-electron chi connectivity index (χ2n) is 4.35. The van der Waals surface area contributed by atoms with Gasteiger partial charge in [-0.2, -0.15) is 4.98 Å². The minimum absolute atomic E-state index is 0.161. The van der Waals surface area contributed by atoms with E-state index in [2.05, 4.69) is 10.3 Å². The van der Waals surface area contributed by atoms with Gasteiger partial charge < -0.3 is 15.8 Å². The molecule has 0 aliphatic heterocycles. The number of nitrogens with one attached hydrogen (secondary N) is 1. The van der Waals surface area contributed by atoms with E-state index in [1.807, 2.05) is 6.92 Å². The lowest BCUT2D eigenvalue weighted by molar-refractivity contribution is 0.307. The van der Waals surface area contributed by atoms with Crippen molar-refractivity contribution in [3.8, 4) is 5.88 Å². The van der Waals surface area contributed by atoms with Crippen LogP contribution in [0.4, 0.5) is 11.5 Å². The molecule has 6 nitrogen and oxygen atoms in total. The first-order chi connectivity index (χ1) is 8.92. The van der Waals surface area contributed by atoms with Crippen molar-refractivity contribution in [2.45, 2.75) is 19.8 Å². The number of nitrogens with two attached hydrogens (primary N) is 1. The zero-order valence-corrected chi connectivity index (χ0v) is 12.2. The fourth-order valence-electron chi connectivity index (χ4n) is 1.41. The SMILES string of the molecule is CCCOc1nc(NCCCS(C)(=O)=O)ccc1N. The minimum Gasteiger partial charge on any atom is -0.476 e. The predicted octanol–water partition coefficient (Wildman–Crippen LogP) is 1.30. The molecule has 0 spiro atoms. The van der Waals surface area contributed by atoms with E-state index < -0.39 is 9.84 Å². The van der Waals surface area contributed by atoms with Gasteiger partial charge in [-0.25, -0.2) is 8.42 Å². The molecule has 19 heavy (non-hydrogen) atoms. The third-order valence-electron chi connectivity index (χ3n) is 2.33. The van der Waals surface area contributed by atoms with Crippen molar-refractivity contribution in [1.82, 2.24) is 4.98 Å². The highest BCUT2D eigenvalue weighted by atomic mass is 32.2. The Balaban J connectivity index is 2.50. The highest BCUT2D eigenvalue weighted by Crippen LogP contribution is 2.20. The Bertz CT molecular complexity index is 503. The molecule has 0 aliphatic rings. The summed E-state index contributed by atoms with van der Waals surface area (Å²) in [5.74, 6) is 1.21. The lowest BCUT2D eigenvalue weighted by Gasteiger charge is -2.10. The van der Waals surface area contributed by atoms with Crippen LogP contribution in [-0.4, -0.2) is 38.6 Å². The highest BCUT2D eigenvalue weighted by Gasteiger charge is 2.05. The van der Waals surface area contributed by atoms with E-state index in [0.717, 1.165) is 6.42 Å². The van der Waals surface area contributed by atoms with Gasteiger partial charge in [0.1, 0.15) is 15.7 Å². The molecule has 0 saturated carbocycles. The fraction of sp³-hybridized carbons (Fsp3) is 0.583. The second-order valence-corrected chi connectivity index (χ2v) is 6.61. The van der Waals surface area contributed by atoms with E-state index in [1.165, 1.54) is 6.26 Å². The lowest BCUT2D eigenvalue weighted by Crippen LogP contribution is -2.11. The molecular weight excluding hydrogens is 266 g/mol. The van der Waals surface area contributed by atoms with Gasteiger partial charge in [0.05, 0.1) is 18.0 Å².